The van der Waals surface area contributed by atoms with Crippen LogP contribution in [0.4, 0.5) is 18.0 Å². The number of nitrogens with zero attached hydrogens (tertiary/aromatic N) is 1. The van der Waals surface area contributed by atoms with Crippen LogP contribution in [0.25, 0.3) is 0 Å². The van der Waals surface area contributed by atoms with Crippen molar-refractivity contribution in [2.45, 2.75) is 19.0 Å². The van der Waals surface area contributed by atoms with Gasteiger partial charge in [0.1, 0.15) is 0 Å². The van der Waals surface area contributed by atoms with Gasteiger partial charge in [0.25, 0.3) is 0 Å². The van der Waals surface area contributed by atoms with Gasteiger partial charge in [-0.05, 0) is 24.5 Å². The van der Waals surface area contributed by atoms with Crippen LogP contribution < -0.4 is 5.32 Å². The van der Waals surface area contributed by atoms with Crippen LogP contribution in [0.5, 0.6) is 0 Å². The SMILES string of the molecule is COCCCN(C)C(=O)NCCc1ccccc1C(F)(F)F. The van der Waals surface area contributed by atoms with Crippen molar-refractivity contribution in [1.82, 2.24) is 10.2 Å². The van der Waals surface area contributed by atoms with Gasteiger partial charge in [0.2, 0.25) is 0 Å². The Bertz CT molecular complexity index is 478. The molecule has 2 amide bonds. The van der Waals surface area contributed by atoms with E-state index in [9.17, 15) is 18.0 Å². The number of urea groups is 1. The Morgan fingerprint density at radius 1 is 1.32 bits per heavy atom. The summed E-state index contributed by atoms with van der Waals surface area (Å²) in [7, 11) is 3.22. The molecule has 0 aromatic heterocycles. The zero-order valence-corrected chi connectivity index (χ0v) is 12.7. The molecule has 22 heavy (non-hydrogen) atoms. The van der Waals surface area contributed by atoms with Crippen LogP contribution in [0.3, 0.4) is 0 Å². The molecule has 0 spiro atoms. The molecule has 0 atom stereocenters. The van der Waals surface area contributed by atoms with E-state index in [2.05, 4.69) is 5.32 Å². The summed E-state index contributed by atoms with van der Waals surface area (Å²) in [5.74, 6) is 0. The fourth-order valence-electron chi connectivity index (χ4n) is 2.00. The molecule has 0 saturated carbocycles. The number of halogens is 3. The largest absolute Gasteiger partial charge is 0.416 e. The molecule has 0 saturated heterocycles. The lowest BCUT2D eigenvalue weighted by molar-refractivity contribution is -0.138. The van der Waals surface area contributed by atoms with Crippen LogP contribution in [0.15, 0.2) is 24.3 Å². The van der Waals surface area contributed by atoms with Gasteiger partial charge in [-0.25, -0.2) is 4.79 Å². The third kappa shape index (κ3) is 5.93. The van der Waals surface area contributed by atoms with Crippen molar-refractivity contribution in [2.24, 2.45) is 0 Å². The number of hydrogen-bond donors (Lipinski definition) is 1. The number of benzene rings is 1. The van der Waals surface area contributed by atoms with Crippen LogP contribution in [0.1, 0.15) is 17.5 Å². The topological polar surface area (TPSA) is 41.6 Å². The first kappa shape index (κ1) is 18.3. The first-order chi connectivity index (χ1) is 10.4. The minimum absolute atomic E-state index is 0.132. The van der Waals surface area contributed by atoms with E-state index >= 15 is 0 Å². The summed E-state index contributed by atoms with van der Waals surface area (Å²) < 4.78 is 43.4. The summed E-state index contributed by atoms with van der Waals surface area (Å²) in [5, 5.41) is 2.62. The first-order valence-electron chi connectivity index (χ1n) is 6.99. The van der Waals surface area contributed by atoms with E-state index in [1.54, 1.807) is 20.2 Å². The maximum atomic E-state index is 12.8. The van der Waals surface area contributed by atoms with Crippen LogP contribution in [-0.2, 0) is 17.3 Å². The number of methoxy groups -OCH3 is 1. The number of carbonyl (C=O) groups excluding carboxylic acids is 1. The number of nitrogens with one attached hydrogen (secondary N) is 1. The monoisotopic (exact) mass is 318 g/mol. The van der Waals surface area contributed by atoms with E-state index in [4.69, 9.17) is 4.74 Å². The Labute approximate surface area is 128 Å². The molecule has 0 aliphatic carbocycles. The quantitative estimate of drug-likeness (QED) is 0.786. The van der Waals surface area contributed by atoms with Crippen molar-refractivity contribution in [1.29, 1.82) is 0 Å². The molecule has 0 fully saturated rings. The van der Waals surface area contributed by atoms with Gasteiger partial charge < -0.3 is 15.0 Å². The summed E-state index contributed by atoms with van der Waals surface area (Å²) >= 11 is 0. The smallest absolute Gasteiger partial charge is 0.385 e. The van der Waals surface area contributed by atoms with Gasteiger partial charge in [0, 0.05) is 33.9 Å². The molecule has 1 aromatic rings. The number of carbonyl (C=O) groups is 1. The van der Waals surface area contributed by atoms with E-state index in [1.807, 2.05) is 0 Å². The number of rotatable bonds is 7. The van der Waals surface area contributed by atoms with Crippen molar-refractivity contribution < 1.29 is 22.7 Å². The first-order valence-corrected chi connectivity index (χ1v) is 6.99. The van der Waals surface area contributed by atoms with Gasteiger partial charge in [-0.2, -0.15) is 13.2 Å². The van der Waals surface area contributed by atoms with Crippen molar-refractivity contribution in [3.63, 3.8) is 0 Å². The molecular formula is C15H21F3N2O2. The number of ether oxygens (including phenoxy) is 1. The molecule has 1 rings (SSSR count). The molecule has 1 aromatic carbocycles. The van der Waals surface area contributed by atoms with Gasteiger partial charge >= 0.3 is 12.2 Å². The Kier molecular flexibility index (Phi) is 7.17. The Morgan fingerprint density at radius 2 is 2.00 bits per heavy atom. The third-order valence-electron chi connectivity index (χ3n) is 3.18. The fourth-order valence-corrected chi connectivity index (χ4v) is 2.00. The normalized spacial score (nSPS) is 11.3. The molecule has 0 aliphatic rings. The predicted octanol–water partition coefficient (Wildman–Crippen LogP) is 2.93. The highest BCUT2D eigenvalue weighted by Gasteiger charge is 2.32. The highest BCUT2D eigenvalue weighted by Crippen LogP contribution is 2.31. The van der Waals surface area contributed by atoms with Crippen LogP contribution in [0.2, 0.25) is 0 Å². The van der Waals surface area contributed by atoms with E-state index in [0.717, 1.165) is 6.07 Å². The lowest BCUT2D eigenvalue weighted by Crippen LogP contribution is -2.39. The second-order valence-corrected chi connectivity index (χ2v) is 4.90. The number of amides is 2. The van der Waals surface area contributed by atoms with Gasteiger partial charge in [0.15, 0.2) is 0 Å². The van der Waals surface area contributed by atoms with Crippen LogP contribution in [0, 0.1) is 0 Å². The zero-order chi connectivity index (χ0) is 16.6. The van der Waals surface area contributed by atoms with Crippen molar-refractivity contribution in [2.75, 3.05) is 33.9 Å². The number of alkyl halides is 3. The summed E-state index contributed by atoms with van der Waals surface area (Å²) in [4.78, 5) is 13.2. The third-order valence-corrected chi connectivity index (χ3v) is 3.18. The number of hydrogen-bond acceptors (Lipinski definition) is 2. The molecule has 4 nitrogen and oxygen atoms in total. The summed E-state index contributed by atoms with van der Waals surface area (Å²) in [6.45, 7) is 1.23. The molecule has 0 bridgehead atoms. The minimum Gasteiger partial charge on any atom is -0.385 e. The zero-order valence-electron chi connectivity index (χ0n) is 12.7. The molecule has 0 radical (unpaired) electrons. The summed E-state index contributed by atoms with van der Waals surface area (Å²) in [6.07, 6.45) is -3.54. The lowest BCUT2D eigenvalue weighted by atomic mass is 10.0. The lowest BCUT2D eigenvalue weighted by Gasteiger charge is -2.18. The Morgan fingerprint density at radius 3 is 2.64 bits per heavy atom. The average Bonchev–Trinajstić information content (AvgIpc) is 2.46. The maximum Gasteiger partial charge on any atom is 0.416 e. The summed E-state index contributed by atoms with van der Waals surface area (Å²) in [6, 6.07) is 5.09. The predicted molar refractivity (Wildman–Crippen MR) is 77.7 cm³/mol. The fraction of sp³-hybridized carbons (Fsp3) is 0.533. The molecular weight excluding hydrogens is 297 g/mol. The van der Waals surface area contributed by atoms with Gasteiger partial charge in [-0.3, -0.25) is 0 Å². The van der Waals surface area contributed by atoms with E-state index in [1.165, 1.54) is 17.0 Å². The average molecular weight is 318 g/mol. The highest BCUT2D eigenvalue weighted by molar-refractivity contribution is 5.73. The molecule has 0 unspecified atom stereocenters. The van der Waals surface area contributed by atoms with E-state index in [-0.39, 0.29) is 24.6 Å². The highest BCUT2D eigenvalue weighted by atomic mass is 19.4. The molecule has 0 aliphatic heterocycles. The minimum atomic E-state index is -4.38. The Hall–Kier alpha value is -1.76. The van der Waals surface area contributed by atoms with E-state index in [0.29, 0.717) is 19.6 Å². The van der Waals surface area contributed by atoms with Crippen molar-refractivity contribution in [3.8, 4) is 0 Å². The Balaban J connectivity index is 2.46. The maximum absolute atomic E-state index is 12.8. The van der Waals surface area contributed by atoms with Crippen molar-refractivity contribution >= 4 is 6.03 Å². The molecule has 7 heteroatoms. The van der Waals surface area contributed by atoms with Crippen molar-refractivity contribution in [3.05, 3.63) is 35.4 Å². The van der Waals surface area contributed by atoms with Crippen LogP contribution in [-0.4, -0.2) is 44.8 Å². The summed E-state index contributed by atoms with van der Waals surface area (Å²) in [5.41, 5.74) is -0.477. The van der Waals surface area contributed by atoms with E-state index < -0.39 is 11.7 Å². The molecule has 1 N–H and O–H groups in total. The standard InChI is InChI=1S/C15H21F3N2O2/c1-20(10-5-11-22-2)14(21)19-9-8-12-6-3-4-7-13(12)15(16,17)18/h3-4,6-7H,5,8-11H2,1-2H3,(H,19,21). The molecule has 124 valence electrons. The second-order valence-electron chi connectivity index (χ2n) is 4.90. The van der Waals surface area contributed by atoms with Gasteiger partial charge in [-0.15, -0.1) is 0 Å². The van der Waals surface area contributed by atoms with Gasteiger partial charge in [0.05, 0.1) is 5.56 Å². The van der Waals surface area contributed by atoms with Crippen LogP contribution >= 0.6 is 0 Å². The van der Waals surface area contributed by atoms with Gasteiger partial charge in [-0.1, -0.05) is 18.2 Å². The second kappa shape index (κ2) is 8.63. The molecule has 0 heterocycles.